The molecule has 0 bridgehead atoms. The van der Waals surface area contributed by atoms with Gasteiger partial charge in [-0.1, -0.05) is 20.8 Å². The van der Waals surface area contributed by atoms with Gasteiger partial charge in [0, 0.05) is 5.92 Å². The Balaban J connectivity index is 4.51. The zero-order chi connectivity index (χ0) is 8.85. The fourth-order valence-electron chi connectivity index (χ4n) is 1.12. The van der Waals surface area contributed by atoms with Crippen LogP contribution in [0.2, 0.25) is 0 Å². The Morgan fingerprint density at radius 1 is 1.55 bits per heavy atom. The number of nitrogens with one attached hydrogen (secondary N) is 1. The summed E-state index contributed by atoms with van der Waals surface area (Å²) in [5.41, 5.74) is 2.09. The van der Waals surface area contributed by atoms with Gasteiger partial charge in [-0.3, -0.25) is 0 Å². The fraction of sp³-hybridized carbons (Fsp3) is 0.750. The fourth-order valence-corrected chi connectivity index (χ4v) is 1.12. The number of hydrazone groups is 1. The lowest BCUT2D eigenvalue weighted by atomic mass is 10.0. The van der Waals surface area contributed by atoms with E-state index >= 15 is 0 Å². The molecule has 0 radical (unpaired) electrons. The highest BCUT2D eigenvalue weighted by Gasteiger charge is 2.15. The van der Waals surface area contributed by atoms with E-state index in [1.54, 1.807) is 0 Å². The van der Waals surface area contributed by atoms with Gasteiger partial charge >= 0.3 is 0 Å². The lowest BCUT2D eigenvalue weighted by molar-refractivity contribution is -0.420. The van der Waals surface area contributed by atoms with Gasteiger partial charge in [-0.05, 0) is 6.42 Å². The van der Waals surface area contributed by atoms with Gasteiger partial charge in [-0.2, -0.15) is 5.10 Å². The van der Waals surface area contributed by atoms with Crippen molar-refractivity contribution in [2.24, 2.45) is 16.9 Å². The second kappa shape index (κ2) is 4.88. The van der Waals surface area contributed by atoms with Crippen LogP contribution in [0.4, 0.5) is 0 Å². The van der Waals surface area contributed by atoms with Crippen molar-refractivity contribution in [1.29, 1.82) is 0 Å². The summed E-state index contributed by atoms with van der Waals surface area (Å²) in [5.74, 6) is 5.69. The molecule has 0 spiro atoms. The molecule has 0 unspecified atom stereocenters. The molecule has 0 amide bonds. The van der Waals surface area contributed by atoms with E-state index in [9.17, 15) is 0 Å². The highest BCUT2D eigenvalue weighted by atomic mass is 15.1. The summed E-state index contributed by atoms with van der Waals surface area (Å²) in [6.45, 7) is 6.28. The molecule has 0 atom stereocenters. The van der Waals surface area contributed by atoms with Crippen LogP contribution in [0.25, 0.3) is 0 Å². The van der Waals surface area contributed by atoms with Crippen molar-refractivity contribution in [2.45, 2.75) is 27.2 Å². The molecule has 0 aromatic heterocycles. The summed E-state index contributed by atoms with van der Waals surface area (Å²) in [7, 11) is 1.90. The minimum atomic E-state index is 0.460. The average Bonchev–Trinajstić information content (AvgIpc) is 1.99. The molecular formula is C8H18N3+. The molecule has 3 N–H and O–H groups in total. The monoisotopic (exact) mass is 156 g/mol. The van der Waals surface area contributed by atoms with Crippen LogP contribution in [0.3, 0.4) is 0 Å². The highest BCUT2D eigenvalue weighted by molar-refractivity contribution is 6.40. The van der Waals surface area contributed by atoms with Gasteiger partial charge in [0.25, 0.3) is 0 Å². The van der Waals surface area contributed by atoms with Crippen molar-refractivity contribution in [1.82, 2.24) is 0 Å². The van der Waals surface area contributed by atoms with Crippen LogP contribution in [-0.4, -0.2) is 18.5 Å². The maximum absolute atomic E-state index is 5.22. The first-order chi connectivity index (χ1) is 5.17. The zero-order valence-electron chi connectivity index (χ0n) is 7.81. The Labute approximate surface area is 68.4 Å². The van der Waals surface area contributed by atoms with Gasteiger partial charge in [0.1, 0.15) is 12.8 Å². The Bertz CT molecular complexity index is 168. The molecule has 11 heavy (non-hydrogen) atoms. The predicted octanol–water partition coefficient (Wildman–Crippen LogP) is -0.481. The first-order valence-corrected chi connectivity index (χ1v) is 3.99. The van der Waals surface area contributed by atoms with Crippen LogP contribution in [0.5, 0.6) is 0 Å². The van der Waals surface area contributed by atoms with E-state index in [-0.39, 0.29) is 0 Å². The summed E-state index contributed by atoms with van der Waals surface area (Å²) >= 11 is 0. The van der Waals surface area contributed by atoms with E-state index in [1.165, 1.54) is 0 Å². The molecule has 0 saturated heterocycles. The quantitative estimate of drug-likeness (QED) is 0.323. The minimum Gasteiger partial charge on any atom is -0.323 e. The molecule has 0 fully saturated rings. The van der Waals surface area contributed by atoms with Crippen molar-refractivity contribution in [3.8, 4) is 0 Å². The van der Waals surface area contributed by atoms with Crippen molar-refractivity contribution in [3.05, 3.63) is 0 Å². The summed E-state index contributed by atoms with van der Waals surface area (Å²) in [4.78, 5) is 3.11. The first-order valence-electron chi connectivity index (χ1n) is 3.99. The molecule has 0 saturated carbocycles. The molecule has 0 aromatic rings. The van der Waals surface area contributed by atoms with E-state index < -0.39 is 0 Å². The van der Waals surface area contributed by atoms with Gasteiger partial charge < -0.3 is 5.84 Å². The average molecular weight is 156 g/mol. The van der Waals surface area contributed by atoms with Crippen LogP contribution < -0.4 is 10.8 Å². The summed E-state index contributed by atoms with van der Waals surface area (Å²) in [6.07, 6.45) is 0.880. The molecule has 0 rings (SSSR count). The second-order valence-corrected chi connectivity index (χ2v) is 2.75. The second-order valence-electron chi connectivity index (χ2n) is 2.75. The molecule has 0 aliphatic rings. The van der Waals surface area contributed by atoms with Crippen molar-refractivity contribution in [2.75, 3.05) is 7.05 Å². The Morgan fingerprint density at radius 2 is 2.09 bits per heavy atom. The summed E-state index contributed by atoms with van der Waals surface area (Å²) < 4.78 is 0. The van der Waals surface area contributed by atoms with Crippen LogP contribution in [-0.2, 0) is 0 Å². The molecule has 0 aliphatic carbocycles. The third kappa shape index (κ3) is 2.70. The van der Waals surface area contributed by atoms with Gasteiger partial charge in [-0.25, -0.2) is 4.99 Å². The maximum atomic E-state index is 5.22. The molecule has 3 nitrogen and oxygen atoms in total. The lowest BCUT2D eigenvalue weighted by Gasteiger charge is -2.03. The molecule has 0 aliphatic heterocycles. The first kappa shape index (κ1) is 10.1. The number of rotatable bonds is 3. The zero-order valence-corrected chi connectivity index (χ0v) is 7.81. The molecular weight excluding hydrogens is 138 g/mol. The predicted molar refractivity (Wildman–Crippen MR) is 48.6 cm³/mol. The van der Waals surface area contributed by atoms with E-state index in [0.717, 1.165) is 17.8 Å². The molecule has 64 valence electrons. The Hall–Kier alpha value is -0.860. The van der Waals surface area contributed by atoms with Crippen molar-refractivity contribution >= 4 is 11.4 Å². The number of hydrogen-bond acceptors (Lipinski definition) is 2. The Kier molecular flexibility index (Phi) is 4.50. The molecule has 0 aromatic carbocycles. The highest BCUT2D eigenvalue weighted by Crippen LogP contribution is 1.96. The SMILES string of the molecule is CCC(=NN)C(=[NH+]C)C(C)C. The van der Waals surface area contributed by atoms with Crippen LogP contribution in [0.1, 0.15) is 27.2 Å². The van der Waals surface area contributed by atoms with Crippen molar-refractivity contribution < 1.29 is 4.99 Å². The standard InChI is InChI=1S/C8H17N3/c1-5-7(11-9)8(10-4)6(2)3/h6H,5,9H2,1-4H3/p+1. The van der Waals surface area contributed by atoms with Crippen molar-refractivity contribution in [3.63, 3.8) is 0 Å². The minimum absolute atomic E-state index is 0.460. The molecule has 0 heterocycles. The smallest absolute Gasteiger partial charge is 0.200 e. The topological polar surface area (TPSA) is 52.3 Å². The third-order valence-corrected chi connectivity index (χ3v) is 1.65. The number of nitrogens with two attached hydrogens (primary N) is 1. The van der Waals surface area contributed by atoms with Gasteiger partial charge in [0.15, 0.2) is 5.71 Å². The van der Waals surface area contributed by atoms with Gasteiger partial charge in [-0.15, -0.1) is 0 Å². The lowest BCUT2D eigenvalue weighted by Crippen LogP contribution is -2.71. The van der Waals surface area contributed by atoms with Crippen LogP contribution in [0, 0.1) is 5.92 Å². The number of hydrogen-bond donors (Lipinski definition) is 2. The van der Waals surface area contributed by atoms with Gasteiger partial charge in [0.05, 0.1) is 0 Å². The van der Waals surface area contributed by atoms with E-state index in [2.05, 4.69) is 23.9 Å². The summed E-state index contributed by atoms with van der Waals surface area (Å²) in [6, 6.07) is 0. The largest absolute Gasteiger partial charge is 0.323 e. The third-order valence-electron chi connectivity index (χ3n) is 1.65. The Morgan fingerprint density at radius 3 is 2.18 bits per heavy atom. The summed E-state index contributed by atoms with van der Waals surface area (Å²) in [5, 5.41) is 3.72. The van der Waals surface area contributed by atoms with E-state index in [1.807, 2.05) is 14.0 Å². The van der Waals surface area contributed by atoms with E-state index in [0.29, 0.717) is 5.92 Å². The normalized spacial score (nSPS) is 14.3. The van der Waals surface area contributed by atoms with Gasteiger partial charge in [0.2, 0.25) is 0 Å². The number of nitrogens with zero attached hydrogens (tertiary/aromatic N) is 1. The van der Waals surface area contributed by atoms with E-state index in [4.69, 9.17) is 5.84 Å². The molecule has 3 heteroatoms. The maximum Gasteiger partial charge on any atom is 0.200 e. The van der Waals surface area contributed by atoms with Crippen LogP contribution >= 0.6 is 0 Å². The van der Waals surface area contributed by atoms with Crippen LogP contribution in [0.15, 0.2) is 5.10 Å².